The van der Waals surface area contributed by atoms with Crippen LogP contribution in [-0.2, 0) is 24.4 Å². The summed E-state index contributed by atoms with van der Waals surface area (Å²) in [5.74, 6) is 1.04. The van der Waals surface area contributed by atoms with Gasteiger partial charge in [-0.1, -0.05) is 27.7 Å². The van der Waals surface area contributed by atoms with Crippen LogP contribution in [0.1, 0.15) is 79.1 Å². The number of likely N-dealkylation sites (tertiary alicyclic amines) is 1. The van der Waals surface area contributed by atoms with E-state index in [4.69, 9.17) is 4.84 Å². The van der Waals surface area contributed by atoms with Crippen molar-refractivity contribution in [1.29, 1.82) is 0 Å². The fraction of sp³-hybridized carbons (Fsp3) is 0.788. The van der Waals surface area contributed by atoms with E-state index in [2.05, 4.69) is 49.5 Å². The van der Waals surface area contributed by atoms with Crippen molar-refractivity contribution in [2.75, 3.05) is 46.3 Å². The number of carbonyl (C=O) groups excluding carboxylic acids is 2. The fourth-order valence-electron chi connectivity index (χ4n) is 7.54. The summed E-state index contributed by atoms with van der Waals surface area (Å²) in [5, 5.41) is 2.03. The van der Waals surface area contributed by atoms with Gasteiger partial charge in [0.05, 0.1) is 6.54 Å². The molecular formula is C33H54N6O5S. The summed E-state index contributed by atoms with van der Waals surface area (Å²) >= 11 is 0. The second-order valence-electron chi connectivity index (χ2n) is 14.4. The minimum Gasteiger partial charge on any atom is -0.334 e. The van der Waals surface area contributed by atoms with E-state index in [1.165, 1.54) is 6.20 Å². The number of hydroxylamine groups is 2. The van der Waals surface area contributed by atoms with Crippen LogP contribution < -0.4 is 0 Å². The zero-order valence-corrected chi connectivity index (χ0v) is 28.7. The van der Waals surface area contributed by atoms with Gasteiger partial charge in [0, 0.05) is 38.1 Å². The molecule has 12 heteroatoms. The van der Waals surface area contributed by atoms with E-state index in [1.807, 2.05) is 9.96 Å². The van der Waals surface area contributed by atoms with Gasteiger partial charge in [-0.2, -0.15) is 9.37 Å². The molecule has 11 nitrogen and oxygen atoms in total. The highest BCUT2D eigenvalue weighted by molar-refractivity contribution is 7.89. The number of nitrogens with zero attached hydrogens (tertiary/aromatic N) is 6. The van der Waals surface area contributed by atoms with Gasteiger partial charge in [-0.15, -0.1) is 0 Å². The van der Waals surface area contributed by atoms with Gasteiger partial charge in [0.1, 0.15) is 17.1 Å². The van der Waals surface area contributed by atoms with Crippen molar-refractivity contribution in [2.45, 2.75) is 108 Å². The molecule has 45 heavy (non-hydrogen) atoms. The van der Waals surface area contributed by atoms with E-state index in [0.717, 1.165) is 51.6 Å². The molecule has 0 radical (unpaired) electrons. The van der Waals surface area contributed by atoms with Crippen LogP contribution in [0.3, 0.4) is 0 Å². The van der Waals surface area contributed by atoms with Crippen LogP contribution in [0.4, 0.5) is 0 Å². The van der Waals surface area contributed by atoms with Gasteiger partial charge >= 0.3 is 0 Å². The van der Waals surface area contributed by atoms with E-state index in [9.17, 15) is 18.0 Å². The maximum atomic E-state index is 14.1. The lowest BCUT2D eigenvalue weighted by molar-refractivity contribution is -0.290. The van der Waals surface area contributed by atoms with E-state index < -0.39 is 22.2 Å². The molecule has 0 bridgehead atoms. The summed E-state index contributed by atoms with van der Waals surface area (Å²) in [6.45, 7) is 12.5. The lowest BCUT2D eigenvalue weighted by Gasteiger charge is -2.55. The molecule has 1 aromatic rings. The Hall–Kier alpha value is -2.12. The number of sulfonamides is 1. The largest absolute Gasteiger partial charge is 0.334 e. The number of aromatic nitrogens is 1. The minimum atomic E-state index is -3.52. The quantitative estimate of drug-likeness (QED) is 0.360. The van der Waals surface area contributed by atoms with Crippen molar-refractivity contribution in [1.82, 2.24) is 29.1 Å². The first-order chi connectivity index (χ1) is 21.5. The molecule has 2 amide bonds. The van der Waals surface area contributed by atoms with Crippen LogP contribution in [-0.4, -0.2) is 120 Å². The van der Waals surface area contributed by atoms with E-state index in [1.54, 1.807) is 22.6 Å². The average molecular weight is 647 g/mol. The smallest absolute Gasteiger partial charge is 0.255 e. The van der Waals surface area contributed by atoms with Crippen molar-refractivity contribution in [3.05, 3.63) is 24.5 Å². The van der Waals surface area contributed by atoms with Gasteiger partial charge in [-0.25, -0.2) is 8.42 Å². The lowest BCUT2D eigenvalue weighted by Crippen LogP contribution is -2.74. The van der Waals surface area contributed by atoms with Crippen molar-refractivity contribution in [3.8, 4) is 0 Å². The first kappa shape index (κ1) is 34.2. The highest BCUT2D eigenvalue weighted by atomic mass is 32.2. The number of pyridine rings is 1. The van der Waals surface area contributed by atoms with Gasteiger partial charge in [-0.3, -0.25) is 19.4 Å². The number of rotatable bonds is 11. The summed E-state index contributed by atoms with van der Waals surface area (Å²) in [4.78, 5) is 45.1. The monoisotopic (exact) mass is 646 g/mol. The standard InChI is InChI=1S/C33H54N6O5S/c1-24(2)20-29-32(40)37(27-12-16-35(5)17-13-27)23-31-38(44-30(21-25(3)4)33(41)39(29)31)15-7-8-26-10-18-36(19-11-26)45(42,43)28-9-6-14-34-22-28/h6,9,14,22,24-27,29-31H,7-8,10-13,15-21,23H2,1-5H3/t29-,30+,31?/m0/s1. The van der Waals surface area contributed by atoms with Gasteiger partial charge in [-0.05, 0) is 101 Å². The first-order valence-corrected chi connectivity index (χ1v) is 18.5. The Kier molecular flexibility index (Phi) is 11.2. The molecule has 0 N–H and O–H groups in total. The van der Waals surface area contributed by atoms with E-state index in [0.29, 0.717) is 44.9 Å². The summed E-state index contributed by atoms with van der Waals surface area (Å²) in [7, 11) is -1.39. The molecule has 5 rings (SSSR count). The van der Waals surface area contributed by atoms with Crippen molar-refractivity contribution in [3.63, 3.8) is 0 Å². The number of hydrogen-bond acceptors (Lipinski definition) is 8. The zero-order valence-electron chi connectivity index (χ0n) is 27.9. The minimum absolute atomic E-state index is 0.0471. The van der Waals surface area contributed by atoms with Crippen LogP contribution in [0.5, 0.6) is 0 Å². The van der Waals surface area contributed by atoms with Gasteiger partial charge in [0.25, 0.3) is 5.91 Å². The van der Waals surface area contributed by atoms with Crippen LogP contribution in [0.25, 0.3) is 0 Å². The predicted octanol–water partition coefficient (Wildman–Crippen LogP) is 3.43. The van der Waals surface area contributed by atoms with Gasteiger partial charge in [0.15, 0.2) is 6.10 Å². The molecule has 4 fully saturated rings. The third kappa shape index (κ3) is 7.89. The summed E-state index contributed by atoms with van der Waals surface area (Å²) in [6, 6.07) is 2.97. The molecule has 4 saturated heterocycles. The number of piperidine rings is 2. The molecule has 4 aliphatic heterocycles. The first-order valence-electron chi connectivity index (χ1n) is 17.1. The Labute approximate surface area is 270 Å². The third-order valence-electron chi connectivity index (χ3n) is 10.1. The third-order valence-corrected chi connectivity index (χ3v) is 11.9. The average Bonchev–Trinajstić information content (AvgIpc) is 3.01. The maximum Gasteiger partial charge on any atom is 0.255 e. The molecule has 0 saturated carbocycles. The van der Waals surface area contributed by atoms with Crippen LogP contribution >= 0.6 is 0 Å². The topological polar surface area (TPSA) is 107 Å². The number of piperazine rings is 1. The Morgan fingerprint density at radius 1 is 0.956 bits per heavy atom. The number of amides is 2. The fourth-order valence-corrected chi connectivity index (χ4v) is 8.97. The van der Waals surface area contributed by atoms with Gasteiger partial charge in [0.2, 0.25) is 15.9 Å². The van der Waals surface area contributed by atoms with Crippen LogP contribution in [0.2, 0.25) is 0 Å². The van der Waals surface area contributed by atoms with Crippen molar-refractivity contribution in [2.24, 2.45) is 17.8 Å². The highest BCUT2D eigenvalue weighted by Crippen LogP contribution is 2.35. The van der Waals surface area contributed by atoms with Crippen LogP contribution in [0, 0.1) is 17.8 Å². The number of hydrogen-bond donors (Lipinski definition) is 0. The van der Waals surface area contributed by atoms with Gasteiger partial charge < -0.3 is 14.7 Å². The SMILES string of the molecule is CC(C)C[C@H]1ON(CCCC2CCN(S(=O)(=O)c3cccnc3)CC2)C2CN(C3CCN(C)CC3)C(=O)[C@H](CC(C)C)N2C1=O. The molecule has 1 unspecified atom stereocenters. The molecular weight excluding hydrogens is 592 g/mol. The van der Waals surface area contributed by atoms with E-state index >= 15 is 0 Å². The molecule has 3 atom stereocenters. The second kappa shape index (κ2) is 14.8. The molecule has 0 aliphatic carbocycles. The lowest BCUT2D eigenvalue weighted by atomic mass is 9.92. The maximum absolute atomic E-state index is 14.1. The normalized spacial score (nSPS) is 27.1. The molecule has 1 aromatic heterocycles. The summed E-state index contributed by atoms with van der Waals surface area (Å²) in [5.41, 5.74) is 0. The molecule has 4 aliphatic rings. The Balaban J connectivity index is 1.26. The Bertz CT molecular complexity index is 1250. The van der Waals surface area contributed by atoms with Crippen molar-refractivity contribution >= 4 is 21.8 Å². The zero-order chi connectivity index (χ0) is 32.3. The van der Waals surface area contributed by atoms with Crippen molar-refractivity contribution < 1.29 is 22.8 Å². The Morgan fingerprint density at radius 2 is 1.64 bits per heavy atom. The molecule has 252 valence electrons. The molecule has 5 heterocycles. The predicted molar refractivity (Wildman–Crippen MR) is 172 cm³/mol. The number of carbonyl (C=O) groups is 2. The van der Waals surface area contributed by atoms with Crippen LogP contribution in [0.15, 0.2) is 29.4 Å². The molecule has 0 aromatic carbocycles. The summed E-state index contributed by atoms with van der Waals surface area (Å²) in [6.07, 6.45) is 8.75. The molecule has 0 spiro atoms. The highest BCUT2D eigenvalue weighted by Gasteiger charge is 2.52. The number of fused-ring (bicyclic) bond motifs is 1. The second-order valence-corrected chi connectivity index (χ2v) is 16.4. The van der Waals surface area contributed by atoms with E-state index in [-0.39, 0.29) is 40.8 Å². The summed E-state index contributed by atoms with van der Waals surface area (Å²) < 4.78 is 27.7. The Morgan fingerprint density at radius 3 is 2.27 bits per heavy atom.